The van der Waals surface area contributed by atoms with Gasteiger partial charge in [0.15, 0.2) is 6.54 Å². The number of quaternary nitrogens is 1. The molecule has 0 radical (unpaired) electrons. The Hall–Kier alpha value is -1.97. The zero-order chi connectivity index (χ0) is 16.4. The number of amides is 1. The highest BCUT2D eigenvalue weighted by Gasteiger charge is 2.43. The van der Waals surface area contributed by atoms with Crippen LogP contribution in [0.4, 0.5) is 0 Å². The van der Waals surface area contributed by atoms with Crippen molar-refractivity contribution in [1.29, 1.82) is 5.26 Å². The highest BCUT2D eigenvalue weighted by atomic mass is 32.1. The van der Waals surface area contributed by atoms with Gasteiger partial charge < -0.3 is 10.2 Å². The lowest BCUT2D eigenvalue weighted by atomic mass is 9.98. The second-order valence-electron chi connectivity index (χ2n) is 6.52. The minimum absolute atomic E-state index is 0.0699. The topological polar surface area (TPSA) is 70.2 Å². The first kappa shape index (κ1) is 15.9. The molecule has 6 heteroatoms. The second kappa shape index (κ2) is 6.26. The van der Waals surface area contributed by atoms with Crippen LogP contribution in [0.15, 0.2) is 24.3 Å². The van der Waals surface area contributed by atoms with Crippen molar-refractivity contribution in [3.63, 3.8) is 0 Å². The summed E-state index contributed by atoms with van der Waals surface area (Å²) in [5.74, 6) is 0.237. The fraction of sp³-hybridized carbons (Fsp3) is 0.471. The molecule has 2 N–H and O–H groups in total. The molecule has 1 unspecified atom stereocenters. The number of carbonyl (C=O) groups is 1. The van der Waals surface area contributed by atoms with Gasteiger partial charge in [-0.15, -0.1) is 11.3 Å². The molecule has 0 saturated heterocycles. The number of nitrogens with one attached hydrogen (secondary N) is 2. The van der Waals surface area contributed by atoms with Crippen LogP contribution in [0.25, 0.3) is 10.2 Å². The first-order valence-electron chi connectivity index (χ1n) is 7.88. The number of fused-ring (bicyclic) bond motifs is 1. The van der Waals surface area contributed by atoms with Gasteiger partial charge in [0.25, 0.3) is 5.91 Å². The van der Waals surface area contributed by atoms with E-state index in [4.69, 9.17) is 0 Å². The van der Waals surface area contributed by atoms with Crippen molar-refractivity contribution in [3.8, 4) is 6.07 Å². The molecule has 120 valence electrons. The van der Waals surface area contributed by atoms with Crippen LogP contribution in [0.5, 0.6) is 0 Å². The molecule has 0 spiro atoms. The number of nitriles is 1. The number of hydrogen-bond donors (Lipinski definition) is 2. The first-order chi connectivity index (χ1) is 11.0. The van der Waals surface area contributed by atoms with Gasteiger partial charge in [-0.3, -0.25) is 4.79 Å². The molecule has 0 aliphatic heterocycles. The van der Waals surface area contributed by atoms with Crippen molar-refractivity contribution < 1.29 is 9.69 Å². The molecule has 1 heterocycles. The van der Waals surface area contributed by atoms with Gasteiger partial charge in [-0.05, 0) is 37.8 Å². The number of likely N-dealkylation sites (N-methyl/N-ethyl adjacent to an activating group) is 1. The average molecular weight is 329 g/mol. The number of para-hydroxylation sites is 1. The fourth-order valence-electron chi connectivity index (χ4n) is 2.81. The Bertz CT molecular complexity index is 728. The van der Waals surface area contributed by atoms with Gasteiger partial charge in [0.1, 0.15) is 17.1 Å². The molecule has 1 saturated carbocycles. The monoisotopic (exact) mass is 329 g/mol. The number of carbonyl (C=O) groups excluding carboxylic acids is 1. The predicted molar refractivity (Wildman–Crippen MR) is 90.0 cm³/mol. The SMILES string of the molecule is C[NH+](CC(=O)N[C@@](C)(C#N)C1CC1)Cc1nc2ccccc2s1. The van der Waals surface area contributed by atoms with E-state index in [1.54, 1.807) is 11.3 Å². The number of nitrogens with zero attached hydrogens (tertiary/aromatic N) is 2. The molecule has 1 aliphatic rings. The van der Waals surface area contributed by atoms with Crippen molar-refractivity contribution in [1.82, 2.24) is 10.3 Å². The van der Waals surface area contributed by atoms with Crippen molar-refractivity contribution >= 4 is 27.5 Å². The first-order valence-corrected chi connectivity index (χ1v) is 8.70. The lowest BCUT2D eigenvalue weighted by Crippen LogP contribution is -3.09. The molecular formula is C17H21N4OS+. The third-order valence-electron chi connectivity index (χ3n) is 4.28. The van der Waals surface area contributed by atoms with E-state index in [9.17, 15) is 10.1 Å². The molecule has 1 aliphatic carbocycles. The van der Waals surface area contributed by atoms with Crippen LogP contribution in [0.3, 0.4) is 0 Å². The van der Waals surface area contributed by atoms with Gasteiger partial charge in [-0.1, -0.05) is 12.1 Å². The van der Waals surface area contributed by atoms with E-state index >= 15 is 0 Å². The lowest BCUT2D eigenvalue weighted by molar-refractivity contribution is -0.885. The van der Waals surface area contributed by atoms with E-state index in [1.807, 2.05) is 32.2 Å². The van der Waals surface area contributed by atoms with E-state index < -0.39 is 5.54 Å². The maximum Gasteiger partial charge on any atom is 0.276 e. The Morgan fingerprint density at radius 1 is 1.52 bits per heavy atom. The summed E-state index contributed by atoms with van der Waals surface area (Å²) in [5.41, 5.74) is 0.295. The highest BCUT2D eigenvalue weighted by molar-refractivity contribution is 7.18. The van der Waals surface area contributed by atoms with Gasteiger partial charge in [0.05, 0.1) is 23.3 Å². The Morgan fingerprint density at radius 2 is 2.26 bits per heavy atom. The van der Waals surface area contributed by atoms with Gasteiger partial charge in [-0.25, -0.2) is 4.98 Å². The van der Waals surface area contributed by atoms with E-state index in [0.29, 0.717) is 19.0 Å². The standard InChI is InChI=1S/C17H20N4OS/c1-17(11-18,12-7-8-12)20-15(22)9-21(2)10-16-19-13-5-3-4-6-14(13)23-16/h3-6,12H,7-10H2,1-2H3,(H,20,22)/p+1/t17-/m0/s1. The Kier molecular flexibility index (Phi) is 4.33. The van der Waals surface area contributed by atoms with Crippen LogP contribution < -0.4 is 10.2 Å². The van der Waals surface area contributed by atoms with Crippen LogP contribution in [-0.2, 0) is 11.3 Å². The third-order valence-corrected chi connectivity index (χ3v) is 5.32. The second-order valence-corrected chi connectivity index (χ2v) is 7.64. The number of thiazole rings is 1. The Labute approximate surface area is 139 Å². The van der Waals surface area contributed by atoms with Crippen molar-refractivity contribution in [2.45, 2.75) is 31.8 Å². The maximum absolute atomic E-state index is 12.2. The zero-order valence-corrected chi connectivity index (χ0v) is 14.2. The largest absolute Gasteiger partial charge is 0.333 e. The van der Waals surface area contributed by atoms with Crippen LogP contribution in [0, 0.1) is 17.2 Å². The van der Waals surface area contributed by atoms with Crippen molar-refractivity contribution in [3.05, 3.63) is 29.3 Å². The summed E-state index contributed by atoms with van der Waals surface area (Å²) in [6.45, 7) is 2.88. The third kappa shape index (κ3) is 3.69. The molecule has 1 aromatic carbocycles. The maximum atomic E-state index is 12.2. The highest BCUT2D eigenvalue weighted by Crippen LogP contribution is 2.39. The molecule has 0 bridgehead atoms. The van der Waals surface area contributed by atoms with Crippen molar-refractivity contribution in [2.75, 3.05) is 13.6 Å². The van der Waals surface area contributed by atoms with E-state index in [1.165, 1.54) is 4.70 Å². The van der Waals surface area contributed by atoms with Crippen molar-refractivity contribution in [2.24, 2.45) is 5.92 Å². The van der Waals surface area contributed by atoms with Gasteiger partial charge >= 0.3 is 0 Å². The molecule has 23 heavy (non-hydrogen) atoms. The zero-order valence-electron chi connectivity index (χ0n) is 13.4. The Morgan fingerprint density at radius 3 is 2.91 bits per heavy atom. The number of aromatic nitrogens is 1. The average Bonchev–Trinajstić information content (AvgIpc) is 3.28. The lowest BCUT2D eigenvalue weighted by Gasteiger charge is -2.23. The number of rotatable bonds is 6. The van der Waals surface area contributed by atoms with E-state index in [0.717, 1.165) is 28.3 Å². The molecule has 1 amide bonds. The molecular weight excluding hydrogens is 308 g/mol. The number of hydrogen-bond acceptors (Lipinski definition) is 4. The van der Waals surface area contributed by atoms with E-state index in [2.05, 4.69) is 22.4 Å². The normalized spacial score (nSPS) is 18.1. The minimum atomic E-state index is -0.715. The molecule has 5 nitrogen and oxygen atoms in total. The fourth-order valence-corrected chi connectivity index (χ4v) is 3.89. The molecule has 2 aromatic rings. The molecule has 1 aromatic heterocycles. The minimum Gasteiger partial charge on any atom is -0.333 e. The smallest absolute Gasteiger partial charge is 0.276 e. The quantitative estimate of drug-likeness (QED) is 0.834. The summed E-state index contributed by atoms with van der Waals surface area (Å²) in [5, 5.41) is 13.3. The van der Waals surface area contributed by atoms with Crippen LogP contribution in [0.1, 0.15) is 24.8 Å². The Balaban J connectivity index is 1.57. The predicted octanol–water partition coefficient (Wildman–Crippen LogP) is 1.12. The van der Waals surface area contributed by atoms with Gasteiger partial charge in [0, 0.05) is 0 Å². The van der Waals surface area contributed by atoms with Gasteiger partial charge in [0.2, 0.25) is 0 Å². The van der Waals surface area contributed by atoms with Crippen LogP contribution in [-0.4, -0.2) is 30.0 Å². The van der Waals surface area contributed by atoms with Gasteiger partial charge in [-0.2, -0.15) is 5.26 Å². The summed E-state index contributed by atoms with van der Waals surface area (Å²) in [6.07, 6.45) is 2.05. The molecule has 2 atom stereocenters. The van der Waals surface area contributed by atoms with Crippen LogP contribution >= 0.6 is 11.3 Å². The summed E-state index contributed by atoms with van der Waals surface area (Å²) < 4.78 is 1.17. The number of benzene rings is 1. The van der Waals surface area contributed by atoms with Crippen LogP contribution in [0.2, 0.25) is 0 Å². The summed E-state index contributed by atoms with van der Waals surface area (Å²) >= 11 is 1.67. The summed E-state index contributed by atoms with van der Waals surface area (Å²) in [7, 11) is 1.98. The molecule has 3 rings (SSSR count). The summed E-state index contributed by atoms with van der Waals surface area (Å²) in [4.78, 5) is 17.9. The van der Waals surface area contributed by atoms with E-state index in [-0.39, 0.29) is 5.91 Å². The summed E-state index contributed by atoms with van der Waals surface area (Å²) in [6, 6.07) is 10.3. The molecule has 1 fully saturated rings.